The third-order valence-electron chi connectivity index (χ3n) is 4.30. The number of ether oxygens (including phenoxy) is 1. The quantitative estimate of drug-likeness (QED) is 0.763. The highest BCUT2D eigenvalue weighted by atomic mass is 16.5. The number of aromatic nitrogens is 3. The lowest BCUT2D eigenvalue weighted by Crippen LogP contribution is -2.16. The van der Waals surface area contributed by atoms with Gasteiger partial charge in [0.15, 0.2) is 5.69 Å². The second-order valence-corrected chi connectivity index (χ2v) is 6.32. The number of benzene rings is 2. The molecule has 0 atom stereocenters. The Morgan fingerprint density at radius 3 is 2.46 bits per heavy atom. The summed E-state index contributed by atoms with van der Waals surface area (Å²) in [4.78, 5) is 12.7. The average molecular weight is 350 g/mol. The van der Waals surface area contributed by atoms with Crippen LogP contribution in [0.15, 0.2) is 42.5 Å². The molecule has 0 aliphatic carbocycles. The summed E-state index contributed by atoms with van der Waals surface area (Å²) in [5.41, 5.74) is 5.86. The Kier molecular flexibility index (Phi) is 5.14. The van der Waals surface area contributed by atoms with E-state index in [9.17, 15) is 4.79 Å². The van der Waals surface area contributed by atoms with E-state index in [1.54, 1.807) is 11.8 Å². The van der Waals surface area contributed by atoms with Gasteiger partial charge in [-0.3, -0.25) is 4.79 Å². The normalized spacial score (nSPS) is 10.8. The molecular formula is C20H22N4O2. The SMILES string of the molecule is COCc1c(C(=O)Nc2ccc(C)c(C)c2)nnn1-c1ccc(C)cc1. The van der Waals surface area contributed by atoms with Crippen LogP contribution >= 0.6 is 0 Å². The van der Waals surface area contributed by atoms with Gasteiger partial charge in [0.05, 0.1) is 12.3 Å². The van der Waals surface area contributed by atoms with E-state index in [0.29, 0.717) is 5.69 Å². The first-order chi connectivity index (χ1) is 12.5. The highest BCUT2D eigenvalue weighted by molar-refractivity contribution is 6.03. The van der Waals surface area contributed by atoms with E-state index < -0.39 is 0 Å². The molecule has 6 heteroatoms. The van der Waals surface area contributed by atoms with Crippen LogP contribution in [0, 0.1) is 20.8 Å². The van der Waals surface area contributed by atoms with Gasteiger partial charge in [0.25, 0.3) is 5.91 Å². The zero-order chi connectivity index (χ0) is 18.7. The summed E-state index contributed by atoms with van der Waals surface area (Å²) in [6.07, 6.45) is 0. The second kappa shape index (κ2) is 7.49. The summed E-state index contributed by atoms with van der Waals surface area (Å²) in [5, 5.41) is 11.1. The van der Waals surface area contributed by atoms with Gasteiger partial charge in [-0.25, -0.2) is 4.68 Å². The third-order valence-corrected chi connectivity index (χ3v) is 4.30. The number of hydrogen-bond acceptors (Lipinski definition) is 4. The number of rotatable bonds is 5. The van der Waals surface area contributed by atoms with E-state index in [4.69, 9.17) is 4.74 Å². The molecule has 6 nitrogen and oxygen atoms in total. The van der Waals surface area contributed by atoms with Crippen molar-refractivity contribution in [2.75, 3.05) is 12.4 Å². The molecule has 0 aliphatic heterocycles. The predicted molar refractivity (Wildman–Crippen MR) is 101 cm³/mol. The molecule has 0 aliphatic rings. The zero-order valence-corrected chi connectivity index (χ0v) is 15.4. The van der Waals surface area contributed by atoms with Gasteiger partial charge in [-0.1, -0.05) is 29.0 Å². The fraction of sp³-hybridized carbons (Fsp3) is 0.250. The van der Waals surface area contributed by atoms with Crippen LogP contribution in [0.1, 0.15) is 32.9 Å². The van der Waals surface area contributed by atoms with Crippen molar-refractivity contribution in [1.29, 1.82) is 0 Å². The molecule has 1 heterocycles. The summed E-state index contributed by atoms with van der Waals surface area (Å²) in [7, 11) is 1.58. The molecule has 0 spiro atoms. The molecular weight excluding hydrogens is 328 g/mol. The Morgan fingerprint density at radius 2 is 1.81 bits per heavy atom. The maximum atomic E-state index is 12.7. The number of methoxy groups -OCH3 is 1. The summed E-state index contributed by atoms with van der Waals surface area (Å²) in [5.74, 6) is -0.307. The number of amides is 1. The molecule has 1 aromatic heterocycles. The lowest BCUT2D eigenvalue weighted by Gasteiger charge is -2.09. The second-order valence-electron chi connectivity index (χ2n) is 6.32. The van der Waals surface area contributed by atoms with Crippen molar-refractivity contribution in [2.45, 2.75) is 27.4 Å². The number of carbonyl (C=O) groups is 1. The molecule has 1 N–H and O–H groups in total. The smallest absolute Gasteiger partial charge is 0.278 e. The van der Waals surface area contributed by atoms with Gasteiger partial charge in [0.2, 0.25) is 0 Å². The number of aryl methyl sites for hydroxylation is 3. The Morgan fingerprint density at radius 1 is 1.08 bits per heavy atom. The van der Waals surface area contributed by atoms with Gasteiger partial charge in [-0.15, -0.1) is 5.10 Å². The first-order valence-electron chi connectivity index (χ1n) is 8.38. The minimum absolute atomic E-state index is 0.233. The molecule has 2 aromatic carbocycles. The van der Waals surface area contributed by atoms with Crippen molar-refractivity contribution in [3.63, 3.8) is 0 Å². The van der Waals surface area contributed by atoms with Crippen molar-refractivity contribution in [1.82, 2.24) is 15.0 Å². The zero-order valence-electron chi connectivity index (χ0n) is 15.4. The molecule has 0 bridgehead atoms. The van der Waals surface area contributed by atoms with Gasteiger partial charge >= 0.3 is 0 Å². The molecule has 0 fully saturated rings. The molecule has 1 amide bonds. The van der Waals surface area contributed by atoms with Gasteiger partial charge in [0, 0.05) is 12.8 Å². The van der Waals surface area contributed by atoms with E-state index in [-0.39, 0.29) is 18.2 Å². The molecule has 3 aromatic rings. The standard InChI is InChI=1S/C20H22N4O2/c1-13-5-9-17(10-6-13)24-18(12-26-4)19(22-23-24)20(25)21-16-8-7-14(2)15(3)11-16/h5-11H,12H2,1-4H3,(H,21,25). The molecule has 0 saturated carbocycles. The van der Waals surface area contributed by atoms with Crippen molar-refractivity contribution in [2.24, 2.45) is 0 Å². The summed E-state index contributed by atoms with van der Waals surface area (Å²) in [6.45, 7) is 6.29. The van der Waals surface area contributed by atoms with Gasteiger partial charge < -0.3 is 10.1 Å². The van der Waals surface area contributed by atoms with Crippen molar-refractivity contribution in [3.05, 3.63) is 70.5 Å². The highest BCUT2D eigenvalue weighted by Gasteiger charge is 2.21. The predicted octanol–water partition coefficient (Wildman–Crippen LogP) is 3.59. The Hall–Kier alpha value is -2.99. The Balaban J connectivity index is 1.92. The number of hydrogen-bond donors (Lipinski definition) is 1. The molecule has 3 rings (SSSR count). The molecule has 26 heavy (non-hydrogen) atoms. The van der Waals surface area contributed by atoms with Gasteiger partial charge in [-0.2, -0.15) is 0 Å². The van der Waals surface area contributed by atoms with Crippen LogP contribution in [0.25, 0.3) is 5.69 Å². The summed E-state index contributed by atoms with van der Waals surface area (Å²) >= 11 is 0. The van der Waals surface area contributed by atoms with Crippen LogP contribution in [0.2, 0.25) is 0 Å². The van der Waals surface area contributed by atoms with Crippen LogP contribution in [0.4, 0.5) is 5.69 Å². The van der Waals surface area contributed by atoms with Crippen LogP contribution in [0.5, 0.6) is 0 Å². The maximum Gasteiger partial charge on any atom is 0.278 e. The fourth-order valence-electron chi connectivity index (χ4n) is 2.65. The van der Waals surface area contributed by atoms with Gasteiger partial charge in [-0.05, 0) is 56.2 Å². The Labute approximate surface area is 152 Å². The van der Waals surface area contributed by atoms with Crippen LogP contribution in [-0.2, 0) is 11.3 Å². The molecule has 0 unspecified atom stereocenters. The van der Waals surface area contributed by atoms with E-state index in [1.807, 2.05) is 63.2 Å². The molecule has 0 radical (unpaired) electrons. The van der Waals surface area contributed by atoms with Crippen LogP contribution in [0.3, 0.4) is 0 Å². The van der Waals surface area contributed by atoms with E-state index >= 15 is 0 Å². The first kappa shape index (κ1) is 17.8. The topological polar surface area (TPSA) is 69.0 Å². The maximum absolute atomic E-state index is 12.7. The lowest BCUT2D eigenvalue weighted by molar-refractivity contribution is 0.101. The minimum Gasteiger partial charge on any atom is -0.378 e. The van der Waals surface area contributed by atoms with E-state index in [2.05, 4.69) is 15.6 Å². The van der Waals surface area contributed by atoms with Gasteiger partial charge in [0.1, 0.15) is 5.69 Å². The van der Waals surface area contributed by atoms with Crippen molar-refractivity contribution < 1.29 is 9.53 Å². The number of anilines is 1. The monoisotopic (exact) mass is 350 g/mol. The lowest BCUT2D eigenvalue weighted by atomic mass is 10.1. The molecule has 134 valence electrons. The third kappa shape index (κ3) is 3.65. The number of nitrogens with zero attached hydrogens (tertiary/aromatic N) is 3. The van der Waals surface area contributed by atoms with E-state index in [0.717, 1.165) is 22.5 Å². The largest absolute Gasteiger partial charge is 0.378 e. The average Bonchev–Trinajstić information content (AvgIpc) is 3.03. The summed E-state index contributed by atoms with van der Waals surface area (Å²) in [6, 6.07) is 13.6. The fourth-order valence-corrected chi connectivity index (χ4v) is 2.65. The van der Waals surface area contributed by atoms with Crippen molar-refractivity contribution >= 4 is 11.6 Å². The van der Waals surface area contributed by atoms with Crippen LogP contribution in [-0.4, -0.2) is 28.0 Å². The van der Waals surface area contributed by atoms with E-state index in [1.165, 1.54) is 5.56 Å². The first-order valence-corrected chi connectivity index (χ1v) is 8.38. The van der Waals surface area contributed by atoms with Crippen LogP contribution < -0.4 is 5.32 Å². The highest BCUT2D eigenvalue weighted by Crippen LogP contribution is 2.18. The Bertz CT molecular complexity index is 929. The molecule has 0 saturated heterocycles. The summed E-state index contributed by atoms with van der Waals surface area (Å²) < 4.78 is 6.90. The number of nitrogens with one attached hydrogen (secondary N) is 1. The number of carbonyl (C=O) groups excluding carboxylic acids is 1. The van der Waals surface area contributed by atoms with Crippen molar-refractivity contribution in [3.8, 4) is 5.69 Å². The minimum atomic E-state index is -0.307.